The summed E-state index contributed by atoms with van der Waals surface area (Å²) in [6, 6.07) is 11.0. The molecule has 1 fully saturated rings. The predicted molar refractivity (Wildman–Crippen MR) is 127 cm³/mol. The zero-order valence-corrected chi connectivity index (χ0v) is 19.0. The number of aryl methyl sites for hydroxylation is 1. The smallest absolute Gasteiger partial charge is 0.268 e. The Morgan fingerprint density at radius 3 is 2.61 bits per heavy atom. The van der Waals surface area contributed by atoms with Crippen LogP contribution in [0.4, 0.5) is 5.82 Å². The standard InChI is InChI=1S/C24H31N7O2/c1-3-15-11-13-28-19(14-15)29-23(33)17-9-7-16(8-10-17)20-21(22(25)32)31(26)24(30(20)2)18-6-4-5-12-27-18/h7-11,13-14,18,24,27H,3-6,12,26H2,1-2H3,(H2,25,32)(H,28,29,33)/t18-,24?/m0/s1. The first-order chi connectivity index (χ1) is 15.9. The van der Waals surface area contributed by atoms with E-state index in [2.05, 4.69) is 15.6 Å². The molecule has 0 spiro atoms. The number of hydrogen-bond donors (Lipinski definition) is 4. The van der Waals surface area contributed by atoms with Crippen molar-refractivity contribution in [3.63, 3.8) is 0 Å². The molecule has 1 saturated heterocycles. The van der Waals surface area contributed by atoms with Crippen molar-refractivity contribution in [3.05, 3.63) is 65.0 Å². The van der Waals surface area contributed by atoms with Gasteiger partial charge < -0.3 is 21.3 Å². The first-order valence-electron chi connectivity index (χ1n) is 11.3. The van der Waals surface area contributed by atoms with Gasteiger partial charge in [-0.25, -0.2) is 10.8 Å². The fraction of sp³-hybridized carbons (Fsp3) is 0.375. The summed E-state index contributed by atoms with van der Waals surface area (Å²) in [5.41, 5.74) is 9.00. The summed E-state index contributed by atoms with van der Waals surface area (Å²) < 4.78 is 0. The molecule has 1 aromatic carbocycles. The third-order valence-electron chi connectivity index (χ3n) is 6.35. The maximum atomic E-state index is 12.7. The summed E-state index contributed by atoms with van der Waals surface area (Å²) in [5, 5.41) is 7.82. The molecular weight excluding hydrogens is 418 g/mol. The summed E-state index contributed by atoms with van der Waals surface area (Å²) in [5.74, 6) is 6.06. The third kappa shape index (κ3) is 4.55. The van der Waals surface area contributed by atoms with Gasteiger partial charge in [-0.1, -0.05) is 25.5 Å². The van der Waals surface area contributed by atoms with Crippen LogP contribution in [0.15, 0.2) is 48.3 Å². The van der Waals surface area contributed by atoms with Crippen LogP contribution in [0.3, 0.4) is 0 Å². The zero-order valence-electron chi connectivity index (χ0n) is 19.0. The molecule has 4 rings (SSSR count). The summed E-state index contributed by atoms with van der Waals surface area (Å²) in [6.07, 6.45) is 5.53. The Bertz CT molecular complexity index is 1060. The highest BCUT2D eigenvalue weighted by Gasteiger charge is 2.42. The number of nitrogens with zero attached hydrogens (tertiary/aromatic N) is 3. The molecular formula is C24H31N7O2. The van der Waals surface area contributed by atoms with Crippen molar-refractivity contribution in [1.82, 2.24) is 20.2 Å². The van der Waals surface area contributed by atoms with Crippen LogP contribution in [0.2, 0.25) is 0 Å². The number of piperidine rings is 1. The molecule has 3 heterocycles. The molecule has 2 aliphatic rings. The highest BCUT2D eigenvalue weighted by Crippen LogP contribution is 2.35. The molecule has 33 heavy (non-hydrogen) atoms. The summed E-state index contributed by atoms with van der Waals surface area (Å²) in [7, 11) is 1.92. The third-order valence-corrected chi connectivity index (χ3v) is 6.35. The molecule has 174 valence electrons. The average molecular weight is 450 g/mol. The minimum Gasteiger partial charge on any atom is -0.364 e. The molecule has 1 unspecified atom stereocenters. The van der Waals surface area contributed by atoms with E-state index >= 15 is 0 Å². The number of amides is 2. The number of nitrogens with one attached hydrogen (secondary N) is 2. The van der Waals surface area contributed by atoms with Crippen molar-refractivity contribution < 1.29 is 9.59 Å². The minimum atomic E-state index is -0.582. The fourth-order valence-corrected chi connectivity index (χ4v) is 4.65. The Balaban J connectivity index is 1.57. The van der Waals surface area contributed by atoms with Gasteiger partial charge in [0.15, 0.2) is 0 Å². The van der Waals surface area contributed by atoms with Crippen molar-refractivity contribution in [2.24, 2.45) is 11.6 Å². The highest BCUT2D eigenvalue weighted by atomic mass is 16.2. The van der Waals surface area contributed by atoms with Crippen LogP contribution in [0.25, 0.3) is 5.70 Å². The Morgan fingerprint density at radius 1 is 1.21 bits per heavy atom. The van der Waals surface area contributed by atoms with Gasteiger partial charge in [0, 0.05) is 30.4 Å². The Labute approximate surface area is 193 Å². The predicted octanol–water partition coefficient (Wildman–Crippen LogP) is 1.64. The van der Waals surface area contributed by atoms with Crippen molar-refractivity contribution in [2.75, 3.05) is 18.9 Å². The molecule has 0 bridgehead atoms. The van der Waals surface area contributed by atoms with Gasteiger partial charge in [-0.3, -0.25) is 14.6 Å². The van der Waals surface area contributed by atoms with Crippen molar-refractivity contribution in [1.29, 1.82) is 0 Å². The number of benzene rings is 1. The number of carbonyl (C=O) groups is 2. The van der Waals surface area contributed by atoms with E-state index in [-0.39, 0.29) is 23.8 Å². The second-order valence-corrected chi connectivity index (χ2v) is 8.48. The quantitative estimate of drug-likeness (QED) is 0.493. The lowest BCUT2D eigenvalue weighted by Crippen LogP contribution is -2.57. The van der Waals surface area contributed by atoms with E-state index in [4.69, 9.17) is 11.6 Å². The number of rotatable bonds is 6. The van der Waals surface area contributed by atoms with Gasteiger partial charge >= 0.3 is 0 Å². The van der Waals surface area contributed by atoms with Crippen LogP contribution in [0.5, 0.6) is 0 Å². The van der Waals surface area contributed by atoms with Crippen LogP contribution in [-0.2, 0) is 11.2 Å². The van der Waals surface area contributed by atoms with E-state index in [1.807, 2.05) is 43.1 Å². The number of hydrazine groups is 1. The van der Waals surface area contributed by atoms with Crippen LogP contribution in [0.1, 0.15) is 47.7 Å². The molecule has 2 atom stereocenters. The number of nitrogens with two attached hydrogens (primary N) is 2. The Morgan fingerprint density at radius 2 is 1.97 bits per heavy atom. The number of primary amides is 1. The van der Waals surface area contributed by atoms with Crippen LogP contribution in [0, 0.1) is 0 Å². The molecule has 9 nitrogen and oxygen atoms in total. The average Bonchev–Trinajstić information content (AvgIpc) is 3.09. The lowest BCUT2D eigenvalue weighted by molar-refractivity contribution is -0.116. The Kier molecular flexibility index (Phi) is 6.62. The van der Waals surface area contributed by atoms with Crippen molar-refractivity contribution in [2.45, 2.75) is 44.8 Å². The van der Waals surface area contributed by atoms with Crippen LogP contribution in [-0.4, -0.2) is 52.5 Å². The molecule has 1 aromatic heterocycles. The van der Waals surface area contributed by atoms with Crippen molar-refractivity contribution in [3.8, 4) is 0 Å². The lowest BCUT2D eigenvalue weighted by Gasteiger charge is -2.38. The van der Waals surface area contributed by atoms with E-state index in [9.17, 15) is 9.59 Å². The number of hydrogen-bond acceptors (Lipinski definition) is 7. The van der Waals surface area contributed by atoms with E-state index < -0.39 is 5.91 Å². The fourth-order valence-electron chi connectivity index (χ4n) is 4.65. The molecule has 9 heteroatoms. The molecule has 0 saturated carbocycles. The lowest BCUT2D eigenvalue weighted by atomic mass is 10.0. The molecule has 6 N–H and O–H groups in total. The summed E-state index contributed by atoms with van der Waals surface area (Å²) >= 11 is 0. The van der Waals surface area contributed by atoms with Crippen molar-refractivity contribution >= 4 is 23.3 Å². The zero-order chi connectivity index (χ0) is 23.5. The largest absolute Gasteiger partial charge is 0.364 e. The molecule has 2 aliphatic heterocycles. The molecule has 0 aliphatic carbocycles. The number of aromatic nitrogens is 1. The topological polar surface area (TPSA) is 130 Å². The number of carbonyl (C=O) groups excluding carboxylic acids is 2. The Hall–Kier alpha value is -3.43. The van der Waals surface area contributed by atoms with E-state index in [0.29, 0.717) is 17.1 Å². The number of likely N-dealkylation sites (N-methyl/N-ethyl adjacent to an activating group) is 1. The van der Waals surface area contributed by atoms with E-state index in [1.165, 1.54) is 5.01 Å². The SMILES string of the molecule is CCc1ccnc(NC(=O)c2ccc(C3=C(C(N)=O)N(N)C([C@@H]4CCCCN4)N3C)cc2)c1. The monoisotopic (exact) mass is 449 g/mol. The summed E-state index contributed by atoms with van der Waals surface area (Å²) in [4.78, 5) is 31.2. The van der Waals surface area contributed by atoms with Gasteiger partial charge in [-0.15, -0.1) is 0 Å². The number of anilines is 1. The summed E-state index contributed by atoms with van der Waals surface area (Å²) in [6.45, 7) is 2.97. The van der Waals surface area contributed by atoms with Crippen LogP contribution < -0.4 is 22.2 Å². The van der Waals surface area contributed by atoms with Gasteiger partial charge in [0.25, 0.3) is 11.8 Å². The molecule has 0 radical (unpaired) electrons. The first kappa shape index (κ1) is 22.8. The molecule has 2 aromatic rings. The van der Waals surface area contributed by atoms with E-state index in [0.717, 1.165) is 43.4 Å². The normalized spacial score (nSPS) is 20.8. The second-order valence-electron chi connectivity index (χ2n) is 8.48. The highest BCUT2D eigenvalue weighted by molar-refractivity contribution is 6.04. The molecule has 2 amide bonds. The second kappa shape index (κ2) is 9.60. The van der Waals surface area contributed by atoms with Gasteiger partial charge in [0.1, 0.15) is 17.7 Å². The maximum absolute atomic E-state index is 12.7. The van der Waals surface area contributed by atoms with Gasteiger partial charge in [-0.05, 0) is 55.6 Å². The van der Waals surface area contributed by atoms with Gasteiger partial charge in [-0.2, -0.15) is 0 Å². The number of pyridine rings is 1. The maximum Gasteiger partial charge on any atom is 0.268 e. The van der Waals surface area contributed by atoms with Crippen LogP contribution >= 0.6 is 0 Å². The van der Waals surface area contributed by atoms with Gasteiger partial charge in [0.2, 0.25) is 0 Å². The van der Waals surface area contributed by atoms with Gasteiger partial charge in [0.05, 0.1) is 5.70 Å². The minimum absolute atomic E-state index is 0.122. The van der Waals surface area contributed by atoms with E-state index in [1.54, 1.807) is 18.3 Å². The first-order valence-corrected chi connectivity index (χ1v) is 11.3.